The second-order valence-electron chi connectivity index (χ2n) is 6.97. The second-order valence-corrected chi connectivity index (χ2v) is 6.97. The molecule has 23 heavy (non-hydrogen) atoms. The number of hydrogen-bond donors (Lipinski definition) is 1. The van der Waals surface area contributed by atoms with E-state index in [1.165, 1.54) is 21.9 Å². The standard InChI is InChI=1S/C21H22O2/c22-19-11-5-13-21(20(19)23)12-4-9-17(21)14-16-8-3-7-15-6-1-2-10-18(15)16/h1-3,6-8,10,14,20,23H,4-5,9,11-13H2/b17-14+/t20-,21+/m0/s1. The highest BCUT2D eigenvalue weighted by Gasteiger charge is 2.48. The molecular weight excluding hydrogens is 284 g/mol. The molecule has 2 aliphatic rings. The molecule has 1 N–H and O–H groups in total. The van der Waals surface area contributed by atoms with Crippen molar-refractivity contribution in [2.45, 2.75) is 44.6 Å². The molecular formula is C21H22O2. The third kappa shape index (κ3) is 2.33. The third-order valence-corrected chi connectivity index (χ3v) is 5.74. The Bertz CT molecular complexity index is 784. The molecule has 0 radical (unpaired) electrons. The summed E-state index contributed by atoms with van der Waals surface area (Å²) in [5.41, 5.74) is 2.17. The van der Waals surface area contributed by atoms with Gasteiger partial charge in [-0.2, -0.15) is 0 Å². The van der Waals surface area contributed by atoms with Crippen LogP contribution in [0.15, 0.2) is 48.0 Å². The lowest BCUT2D eigenvalue weighted by atomic mass is 9.67. The maximum absolute atomic E-state index is 12.1. The maximum Gasteiger partial charge on any atom is 0.162 e. The van der Waals surface area contributed by atoms with Gasteiger partial charge in [-0.15, -0.1) is 0 Å². The molecule has 0 bridgehead atoms. The number of ketones is 1. The number of aliphatic hydroxyl groups excluding tert-OH is 1. The summed E-state index contributed by atoms with van der Waals surface area (Å²) in [5.74, 6) is 0.0296. The quantitative estimate of drug-likeness (QED) is 0.842. The Morgan fingerprint density at radius 3 is 2.61 bits per heavy atom. The summed E-state index contributed by atoms with van der Waals surface area (Å²) in [7, 11) is 0. The number of carbonyl (C=O) groups excluding carboxylic acids is 1. The maximum atomic E-state index is 12.1. The van der Waals surface area contributed by atoms with Crippen molar-refractivity contribution >= 4 is 22.6 Å². The largest absolute Gasteiger partial charge is 0.384 e. The lowest BCUT2D eigenvalue weighted by Crippen LogP contribution is -2.43. The molecule has 2 atom stereocenters. The van der Waals surface area contributed by atoms with Gasteiger partial charge in [0.15, 0.2) is 5.78 Å². The molecule has 2 fully saturated rings. The Morgan fingerprint density at radius 1 is 1.00 bits per heavy atom. The number of carbonyl (C=O) groups is 1. The number of rotatable bonds is 1. The molecule has 0 aliphatic heterocycles. The van der Waals surface area contributed by atoms with E-state index in [2.05, 4.69) is 48.5 Å². The van der Waals surface area contributed by atoms with Crippen LogP contribution in [0.5, 0.6) is 0 Å². The van der Waals surface area contributed by atoms with Gasteiger partial charge < -0.3 is 5.11 Å². The molecule has 0 amide bonds. The van der Waals surface area contributed by atoms with Crippen molar-refractivity contribution in [1.82, 2.24) is 0 Å². The summed E-state index contributed by atoms with van der Waals surface area (Å²) < 4.78 is 0. The van der Waals surface area contributed by atoms with Crippen molar-refractivity contribution in [1.29, 1.82) is 0 Å². The fraction of sp³-hybridized carbons (Fsp3) is 0.381. The minimum absolute atomic E-state index is 0.0296. The van der Waals surface area contributed by atoms with Crippen LogP contribution in [-0.2, 0) is 4.79 Å². The van der Waals surface area contributed by atoms with E-state index < -0.39 is 6.10 Å². The van der Waals surface area contributed by atoms with E-state index in [0.29, 0.717) is 6.42 Å². The van der Waals surface area contributed by atoms with E-state index in [-0.39, 0.29) is 11.2 Å². The van der Waals surface area contributed by atoms with Crippen LogP contribution in [0.4, 0.5) is 0 Å². The van der Waals surface area contributed by atoms with Gasteiger partial charge in [-0.1, -0.05) is 54.1 Å². The molecule has 2 aromatic carbocycles. The van der Waals surface area contributed by atoms with Gasteiger partial charge in [0, 0.05) is 11.8 Å². The van der Waals surface area contributed by atoms with E-state index in [4.69, 9.17) is 0 Å². The summed E-state index contributed by atoms with van der Waals surface area (Å²) in [6.45, 7) is 0. The number of Topliss-reactive ketones (excluding diaryl/α,β-unsaturated/α-hetero) is 1. The zero-order chi connectivity index (χ0) is 15.9. The van der Waals surface area contributed by atoms with Gasteiger partial charge in [0.2, 0.25) is 0 Å². The van der Waals surface area contributed by atoms with Crippen LogP contribution >= 0.6 is 0 Å². The number of aliphatic hydroxyl groups is 1. The molecule has 2 nitrogen and oxygen atoms in total. The molecule has 0 unspecified atom stereocenters. The monoisotopic (exact) mass is 306 g/mol. The molecule has 4 rings (SSSR count). The highest BCUT2D eigenvalue weighted by Crippen LogP contribution is 2.52. The zero-order valence-electron chi connectivity index (χ0n) is 13.3. The lowest BCUT2D eigenvalue weighted by Gasteiger charge is -2.38. The van der Waals surface area contributed by atoms with Gasteiger partial charge in [0.25, 0.3) is 0 Å². The van der Waals surface area contributed by atoms with Crippen molar-refractivity contribution in [3.05, 3.63) is 53.6 Å². The SMILES string of the molecule is O=C1CCC[C@@]2(CCC/C2=C\c2cccc3ccccc23)[C@H]1O. The van der Waals surface area contributed by atoms with Gasteiger partial charge in [-0.05, 0) is 48.4 Å². The first-order valence-electron chi connectivity index (χ1n) is 8.60. The molecule has 0 heterocycles. The zero-order valence-corrected chi connectivity index (χ0v) is 13.3. The molecule has 118 valence electrons. The minimum atomic E-state index is -0.806. The fourth-order valence-electron chi connectivity index (χ4n) is 4.54. The Labute approximate surface area is 136 Å². The van der Waals surface area contributed by atoms with E-state index in [0.717, 1.165) is 32.1 Å². The van der Waals surface area contributed by atoms with Crippen molar-refractivity contribution in [3.63, 3.8) is 0 Å². The minimum Gasteiger partial charge on any atom is -0.384 e. The Balaban J connectivity index is 1.82. The van der Waals surface area contributed by atoms with E-state index in [9.17, 15) is 9.90 Å². The van der Waals surface area contributed by atoms with Crippen LogP contribution in [0, 0.1) is 5.41 Å². The Morgan fingerprint density at radius 2 is 1.74 bits per heavy atom. The van der Waals surface area contributed by atoms with E-state index in [1.807, 2.05) is 0 Å². The summed E-state index contributed by atoms with van der Waals surface area (Å²) in [6, 6.07) is 14.7. The van der Waals surface area contributed by atoms with Crippen molar-refractivity contribution < 1.29 is 9.90 Å². The summed E-state index contributed by atoms with van der Waals surface area (Å²) in [6.07, 6.45) is 6.83. The van der Waals surface area contributed by atoms with Gasteiger partial charge in [0.05, 0.1) is 0 Å². The molecule has 2 aliphatic carbocycles. The highest BCUT2D eigenvalue weighted by atomic mass is 16.3. The predicted octanol–water partition coefficient (Wildman–Crippen LogP) is 4.51. The average molecular weight is 306 g/mol. The highest BCUT2D eigenvalue weighted by molar-refractivity contribution is 5.91. The number of fused-ring (bicyclic) bond motifs is 1. The summed E-state index contributed by atoms with van der Waals surface area (Å²) >= 11 is 0. The molecule has 2 aromatic rings. The van der Waals surface area contributed by atoms with E-state index >= 15 is 0 Å². The Hall–Kier alpha value is -1.93. The summed E-state index contributed by atoms with van der Waals surface area (Å²) in [5, 5.41) is 13.1. The van der Waals surface area contributed by atoms with Crippen molar-refractivity contribution in [2.24, 2.45) is 5.41 Å². The normalized spacial score (nSPS) is 29.7. The van der Waals surface area contributed by atoms with Crippen LogP contribution in [-0.4, -0.2) is 17.0 Å². The van der Waals surface area contributed by atoms with Crippen LogP contribution in [0.2, 0.25) is 0 Å². The third-order valence-electron chi connectivity index (χ3n) is 5.74. The first-order valence-corrected chi connectivity index (χ1v) is 8.60. The fourth-order valence-corrected chi connectivity index (χ4v) is 4.54. The van der Waals surface area contributed by atoms with E-state index in [1.54, 1.807) is 0 Å². The average Bonchev–Trinajstić information content (AvgIpc) is 2.96. The van der Waals surface area contributed by atoms with Crippen molar-refractivity contribution in [3.8, 4) is 0 Å². The molecule has 1 spiro atoms. The first-order chi connectivity index (χ1) is 11.2. The first kappa shape index (κ1) is 14.6. The van der Waals surface area contributed by atoms with Crippen LogP contribution in [0.3, 0.4) is 0 Å². The smallest absolute Gasteiger partial charge is 0.162 e. The molecule has 0 aromatic heterocycles. The van der Waals surface area contributed by atoms with Gasteiger partial charge >= 0.3 is 0 Å². The van der Waals surface area contributed by atoms with Gasteiger partial charge in [-0.3, -0.25) is 4.79 Å². The van der Waals surface area contributed by atoms with Crippen LogP contribution in [0.25, 0.3) is 16.8 Å². The second kappa shape index (κ2) is 5.61. The topological polar surface area (TPSA) is 37.3 Å². The molecule has 2 heteroatoms. The predicted molar refractivity (Wildman–Crippen MR) is 93.1 cm³/mol. The van der Waals surface area contributed by atoms with Crippen LogP contribution in [0.1, 0.15) is 44.1 Å². The number of hydrogen-bond acceptors (Lipinski definition) is 2. The van der Waals surface area contributed by atoms with Gasteiger partial charge in [-0.25, -0.2) is 0 Å². The number of benzene rings is 2. The lowest BCUT2D eigenvalue weighted by molar-refractivity contribution is -0.136. The van der Waals surface area contributed by atoms with Gasteiger partial charge in [0.1, 0.15) is 6.10 Å². The Kier molecular flexibility index (Phi) is 3.57. The van der Waals surface area contributed by atoms with Crippen molar-refractivity contribution in [2.75, 3.05) is 0 Å². The molecule has 0 saturated heterocycles. The summed E-state index contributed by atoms with van der Waals surface area (Å²) in [4.78, 5) is 12.1. The molecule has 2 saturated carbocycles. The van der Waals surface area contributed by atoms with Crippen LogP contribution < -0.4 is 0 Å².